The van der Waals surface area contributed by atoms with Crippen LogP contribution in [-0.4, -0.2) is 34.1 Å². The average Bonchev–Trinajstić information content (AvgIpc) is 3.24. The summed E-state index contributed by atoms with van der Waals surface area (Å²) in [5, 5.41) is 2.88. The predicted molar refractivity (Wildman–Crippen MR) is 114 cm³/mol. The van der Waals surface area contributed by atoms with Crippen LogP contribution in [0.5, 0.6) is 11.5 Å². The average molecular weight is 453 g/mol. The Hall–Kier alpha value is -2.29. The molecule has 3 rings (SSSR count). The third-order valence-corrected chi connectivity index (χ3v) is 6.71. The van der Waals surface area contributed by atoms with E-state index in [4.69, 9.17) is 21.1 Å². The van der Waals surface area contributed by atoms with Crippen LogP contribution in [0.2, 0.25) is 5.02 Å². The van der Waals surface area contributed by atoms with E-state index in [0.29, 0.717) is 6.54 Å². The van der Waals surface area contributed by atoms with Crippen molar-refractivity contribution >= 4 is 27.5 Å². The molecule has 0 heterocycles. The minimum absolute atomic E-state index is 0.0286. The SMILES string of the molecule is COc1ccc(CNC(=O)COc2ccc(S(=O)(=O)NC3CCCC3)cc2Cl)cc1. The summed E-state index contributed by atoms with van der Waals surface area (Å²) in [5.74, 6) is 0.671. The first-order valence-electron chi connectivity index (χ1n) is 9.72. The monoisotopic (exact) mass is 452 g/mol. The molecular weight excluding hydrogens is 428 g/mol. The number of methoxy groups -OCH3 is 1. The fourth-order valence-corrected chi connectivity index (χ4v) is 4.87. The molecule has 1 amide bonds. The van der Waals surface area contributed by atoms with E-state index in [-0.39, 0.29) is 34.2 Å². The Morgan fingerprint density at radius 2 is 1.83 bits per heavy atom. The van der Waals surface area contributed by atoms with Gasteiger partial charge in [-0.3, -0.25) is 4.79 Å². The Bertz CT molecular complexity index is 973. The number of rotatable bonds is 9. The predicted octanol–water partition coefficient (Wildman–Crippen LogP) is 3.26. The normalized spacial score (nSPS) is 14.5. The smallest absolute Gasteiger partial charge is 0.258 e. The molecule has 2 aromatic rings. The van der Waals surface area contributed by atoms with Gasteiger partial charge in [-0.05, 0) is 48.7 Å². The number of sulfonamides is 1. The van der Waals surface area contributed by atoms with Gasteiger partial charge in [0.25, 0.3) is 5.91 Å². The molecule has 0 bridgehead atoms. The van der Waals surface area contributed by atoms with Crippen molar-refractivity contribution in [3.63, 3.8) is 0 Å². The minimum Gasteiger partial charge on any atom is -0.497 e. The topological polar surface area (TPSA) is 93.7 Å². The van der Waals surface area contributed by atoms with Crippen LogP contribution in [0, 0.1) is 0 Å². The summed E-state index contributed by atoms with van der Waals surface area (Å²) in [4.78, 5) is 12.1. The van der Waals surface area contributed by atoms with Crippen LogP contribution in [-0.2, 0) is 21.4 Å². The lowest BCUT2D eigenvalue weighted by Gasteiger charge is -2.14. The zero-order valence-corrected chi connectivity index (χ0v) is 18.3. The molecule has 30 heavy (non-hydrogen) atoms. The molecule has 0 atom stereocenters. The van der Waals surface area contributed by atoms with E-state index in [1.807, 2.05) is 24.3 Å². The molecule has 9 heteroatoms. The zero-order chi connectivity index (χ0) is 21.6. The molecule has 2 N–H and O–H groups in total. The number of nitrogens with one attached hydrogen (secondary N) is 2. The molecule has 162 valence electrons. The van der Waals surface area contributed by atoms with Crippen LogP contribution >= 0.6 is 11.6 Å². The maximum Gasteiger partial charge on any atom is 0.258 e. The van der Waals surface area contributed by atoms with Crippen molar-refractivity contribution < 1.29 is 22.7 Å². The molecule has 0 saturated heterocycles. The van der Waals surface area contributed by atoms with E-state index >= 15 is 0 Å². The summed E-state index contributed by atoms with van der Waals surface area (Å²) in [6.45, 7) is 0.117. The van der Waals surface area contributed by atoms with E-state index in [1.165, 1.54) is 18.2 Å². The second-order valence-corrected chi connectivity index (χ2v) is 9.23. The highest BCUT2D eigenvalue weighted by molar-refractivity contribution is 7.89. The number of carbonyl (C=O) groups excluding carboxylic acids is 1. The summed E-state index contributed by atoms with van der Waals surface area (Å²) < 4.78 is 38.2. The lowest BCUT2D eigenvalue weighted by Crippen LogP contribution is -2.32. The van der Waals surface area contributed by atoms with Crippen LogP contribution in [0.1, 0.15) is 31.2 Å². The van der Waals surface area contributed by atoms with Crippen molar-refractivity contribution in [3.05, 3.63) is 53.1 Å². The molecular formula is C21H25ClN2O5S. The number of benzene rings is 2. The van der Waals surface area contributed by atoms with E-state index in [0.717, 1.165) is 37.0 Å². The standard InChI is InChI=1S/C21H25ClN2O5S/c1-28-17-8-6-15(7-9-17)13-23-21(25)14-29-20-11-10-18(12-19(20)22)30(26,27)24-16-4-2-3-5-16/h6-12,16,24H,2-5,13-14H2,1H3,(H,23,25). The van der Waals surface area contributed by atoms with Crippen molar-refractivity contribution in [3.8, 4) is 11.5 Å². The zero-order valence-electron chi connectivity index (χ0n) is 16.7. The molecule has 1 fully saturated rings. The fourth-order valence-electron chi connectivity index (χ4n) is 3.24. The first-order chi connectivity index (χ1) is 14.4. The Morgan fingerprint density at radius 3 is 2.47 bits per heavy atom. The van der Waals surface area contributed by atoms with Crippen molar-refractivity contribution in [2.45, 2.75) is 43.2 Å². The third-order valence-electron chi connectivity index (χ3n) is 4.90. The summed E-state index contributed by atoms with van der Waals surface area (Å²) in [6, 6.07) is 11.5. The number of hydrogen-bond donors (Lipinski definition) is 2. The van der Waals surface area contributed by atoms with Crippen molar-refractivity contribution in [2.75, 3.05) is 13.7 Å². The molecule has 0 aromatic heterocycles. The van der Waals surface area contributed by atoms with Gasteiger partial charge in [0.2, 0.25) is 10.0 Å². The molecule has 1 saturated carbocycles. The van der Waals surface area contributed by atoms with Gasteiger partial charge in [-0.2, -0.15) is 0 Å². The van der Waals surface area contributed by atoms with Crippen LogP contribution in [0.3, 0.4) is 0 Å². The van der Waals surface area contributed by atoms with Crippen molar-refractivity contribution in [1.29, 1.82) is 0 Å². The maximum atomic E-state index is 12.5. The minimum atomic E-state index is -3.64. The Balaban J connectivity index is 1.51. The number of ether oxygens (including phenoxy) is 2. The van der Waals surface area contributed by atoms with Gasteiger partial charge in [-0.25, -0.2) is 13.1 Å². The van der Waals surface area contributed by atoms with Gasteiger partial charge < -0.3 is 14.8 Å². The molecule has 0 aliphatic heterocycles. The Kier molecular flexibility index (Phi) is 7.58. The summed E-state index contributed by atoms with van der Waals surface area (Å²) in [6.07, 6.45) is 3.75. The second kappa shape index (κ2) is 10.1. The van der Waals surface area contributed by atoms with Crippen LogP contribution in [0.4, 0.5) is 0 Å². The number of carbonyl (C=O) groups is 1. The molecule has 0 radical (unpaired) electrons. The highest BCUT2D eigenvalue weighted by atomic mass is 35.5. The summed E-state index contributed by atoms with van der Waals surface area (Å²) >= 11 is 6.18. The summed E-state index contributed by atoms with van der Waals surface area (Å²) in [5.41, 5.74) is 0.923. The highest BCUT2D eigenvalue weighted by Crippen LogP contribution is 2.28. The largest absolute Gasteiger partial charge is 0.497 e. The maximum absolute atomic E-state index is 12.5. The van der Waals surface area contributed by atoms with Gasteiger partial charge in [-0.1, -0.05) is 36.6 Å². The van der Waals surface area contributed by atoms with Gasteiger partial charge in [0.1, 0.15) is 11.5 Å². The first-order valence-corrected chi connectivity index (χ1v) is 11.6. The molecule has 2 aromatic carbocycles. The van der Waals surface area contributed by atoms with E-state index in [9.17, 15) is 13.2 Å². The van der Waals surface area contributed by atoms with Gasteiger partial charge >= 0.3 is 0 Å². The third kappa shape index (κ3) is 6.10. The van der Waals surface area contributed by atoms with E-state index in [2.05, 4.69) is 10.0 Å². The molecule has 7 nitrogen and oxygen atoms in total. The fraction of sp³-hybridized carbons (Fsp3) is 0.381. The van der Waals surface area contributed by atoms with Gasteiger partial charge in [0, 0.05) is 12.6 Å². The van der Waals surface area contributed by atoms with Gasteiger partial charge in [0.05, 0.1) is 17.0 Å². The molecule has 0 unspecified atom stereocenters. The Morgan fingerprint density at radius 1 is 1.13 bits per heavy atom. The lowest BCUT2D eigenvalue weighted by molar-refractivity contribution is -0.123. The molecule has 1 aliphatic rings. The van der Waals surface area contributed by atoms with Crippen LogP contribution < -0.4 is 19.5 Å². The number of hydrogen-bond acceptors (Lipinski definition) is 5. The Labute approximate surface area is 181 Å². The number of amides is 1. The quantitative estimate of drug-likeness (QED) is 0.609. The summed E-state index contributed by atoms with van der Waals surface area (Å²) in [7, 11) is -2.05. The van der Waals surface area contributed by atoms with E-state index in [1.54, 1.807) is 7.11 Å². The lowest BCUT2D eigenvalue weighted by atomic mass is 10.2. The molecule has 1 aliphatic carbocycles. The van der Waals surface area contributed by atoms with Crippen LogP contribution in [0.25, 0.3) is 0 Å². The number of halogens is 1. The second-order valence-electron chi connectivity index (χ2n) is 7.11. The highest BCUT2D eigenvalue weighted by Gasteiger charge is 2.23. The first kappa shape index (κ1) is 22.4. The van der Waals surface area contributed by atoms with Crippen molar-refractivity contribution in [1.82, 2.24) is 10.0 Å². The van der Waals surface area contributed by atoms with Crippen LogP contribution in [0.15, 0.2) is 47.4 Å². The van der Waals surface area contributed by atoms with Gasteiger partial charge in [-0.15, -0.1) is 0 Å². The van der Waals surface area contributed by atoms with Crippen molar-refractivity contribution in [2.24, 2.45) is 0 Å². The van der Waals surface area contributed by atoms with Gasteiger partial charge in [0.15, 0.2) is 6.61 Å². The molecule has 0 spiro atoms. The van der Waals surface area contributed by atoms with E-state index < -0.39 is 10.0 Å².